The molecule has 0 unspecified atom stereocenters. The van der Waals surface area contributed by atoms with E-state index in [4.69, 9.17) is 4.74 Å². The van der Waals surface area contributed by atoms with Gasteiger partial charge < -0.3 is 14.5 Å². The van der Waals surface area contributed by atoms with Gasteiger partial charge in [0, 0.05) is 18.6 Å². The molecule has 1 heterocycles. The van der Waals surface area contributed by atoms with Crippen LogP contribution in [0.25, 0.3) is 0 Å². The Balaban J connectivity index is 2.20. The molecule has 24 heavy (non-hydrogen) atoms. The first-order valence-electron chi connectivity index (χ1n) is 8.79. The number of thiophene rings is 1. The maximum Gasteiger partial charge on any atom is 0.340 e. The highest BCUT2D eigenvalue weighted by atomic mass is 79.9. The van der Waals surface area contributed by atoms with Crippen molar-refractivity contribution in [1.82, 2.24) is 4.90 Å². The fourth-order valence-corrected chi connectivity index (χ4v) is 5.71. The van der Waals surface area contributed by atoms with Gasteiger partial charge in [-0.15, -0.1) is 11.3 Å². The van der Waals surface area contributed by atoms with Crippen molar-refractivity contribution in [2.45, 2.75) is 58.5 Å². The van der Waals surface area contributed by atoms with E-state index < -0.39 is 0 Å². The zero-order valence-corrected chi connectivity index (χ0v) is 17.8. The monoisotopic (exact) mass is 416 g/mol. The van der Waals surface area contributed by atoms with Gasteiger partial charge in [-0.3, -0.25) is 0 Å². The lowest BCUT2D eigenvalue weighted by atomic mass is 9.89. The van der Waals surface area contributed by atoms with Gasteiger partial charge in [0.1, 0.15) is 0 Å². The van der Waals surface area contributed by atoms with Crippen molar-refractivity contribution >= 4 is 38.2 Å². The quantitative estimate of drug-likeness (QED) is 0.629. The van der Waals surface area contributed by atoms with Gasteiger partial charge in [-0.1, -0.05) is 0 Å². The van der Waals surface area contributed by atoms with E-state index in [2.05, 4.69) is 46.7 Å². The lowest BCUT2D eigenvalue weighted by molar-refractivity contribution is 0.0525. The second kappa shape index (κ2) is 8.68. The molecule has 1 aromatic rings. The van der Waals surface area contributed by atoms with E-state index in [1.165, 1.54) is 30.7 Å². The van der Waals surface area contributed by atoms with Crippen LogP contribution in [0.1, 0.15) is 55.5 Å². The molecule has 6 heteroatoms. The van der Waals surface area contributed by atoms with Crippen molar-refractivity contribution in [2.75, 3.05) is 32.1 Å². The van der Waals surface area contributed by atoms with E-state index >= 15 is 0 Å². The van der Waals surface area contributed by atoms with Crippen LogP contribution in [0.15, 0.2) is 3.79 Å². The van der Waals surface area contributed by atoms with Gasteiger partial charge in [0.15, 0.2) is 0 Å². The summed E-state index contributed by atoms with van der Waals surface area (Å²) in [5.74, 6) is -0.225. The third-order valence-electron chi connectivity index (χ3n) is 5.00. The Labute approximate surface area is 158 Å². The predicted octanol–water partition coefficient (Wildman–Crippen LogP) is 4.69. The van der Waals surface area contributed by atoms with E-state index in [0.29, 0.717) is 24.3 Å². The Morgan fingerprint density at radius 1 is 1.21 bits per heavy atom. The molecule has 0 aromatic carbocycles. The number of anilines is 1. The Morgan fingerprint density at radius 2 is 1.79 bits per heavy atom. The van der Waals surface area contributed by atoms with Gasteiger partial charge in [-0.05, 0) is 82.0 Å². The lowest BCUT2D eigenvalue weighted by Crippen LogP contribution is -2.42. The van der Waals surface area contributed by atoms with E-state index in [0.717, 1.165) is 15.9 Å². The van der Waals surface area contributed by atoms with Crippen molar-refractivity contribution in [2.24, 2.45) is 0 Å². The highest BCUT2D eigenvalue weighted by Gasteiger charge is 2.30. The number of rotatable bonds is 6. The normalized spacial score (nSPS) is 21.1. The molecule has 1 fully saturated rings. The summed E-state index contributed by atoms with van der Waals surface area (Å²) in [7, 11) is 4.35. The molecule has 1 aliphatic carbocycles. The zero-order valence-electron chi connectivity index (χ0n) is 15.4. The zero-order chi connectivity index (χ0) is 17.9. The van der Waals surface area contributed by atoms with Gasteiger partial charge in [-0.25, -0.2) is 4.79 Å². The lowest BCUT2D eigenvalue weighted by Gasteiger charge is -2.39. The van der Waals surface area contributed by atoms with Gasteiger partial charge in [0.25, 0.3) is 0 Å². The second-order valence-corrected chi connectivity index (χ2v) is 8.93. The maximum atomic E-state index is 12.2. The fraction of sp³-hybridized carbons (Fsp3) is 0.722. The number of hydrogen-bond donors (Lipinski definition) is 0. The topological polar surface area (TPSA) is 32.8 Å². The van der Waals surface area contributed by atoms with Gasteiger partial charge >= 0.3 is 5.97 Å². The molecule has 4 nitrogen and oxygen atoms in total. The van der Waals surface area contributed by atoms with Crippen molar-refractivity contribution < 1.29 is 9.53 Å². The van der Waals surface area contributed by atoms with Crippen LogP contribution in [0.5, 0.6) is 0 Å². The molecule has 0 atom stereocenters. The molecule has 0 radical (unpaired) electrons. The average molecular weight is 417 g/mol. The van der Waals surface area contributed by atoms with Gasteiger partial charge in [0.2, 0.25) is 0 Å². The summed E-state index contributed by atoms with van der Waals surface area (Å²) in [6, 6.07) is 1.26. The Kier molecular flexibility index (Phi) is 7.13. The first-order valence-corrected chi connectivity index (χ1v) is 10.4. The number of esters is 1. The standard InChI is InChI=1S/C18H29BrN2O2S/c1-6-21(14-10-8-13(9-11-14)20(4)5)17-12(3)15(16(19)24-17)18(22)23-7-2/h13-14H,6-11H2,1-5H3. The summed E-state index contributed by atoms with van der Waals surface area (Å²) in [5, 5.41) is 1.21. The molecule has 0 amide bonds. The fourth-order valence-electron chi connectivity index (χ4n) is 3.63. The summed E-state index contributed by atoms with van der Waals surface area (Å²) < 4.78 is 6.10. The first kappa shape index (κ1) is 19.7. The van der Waals surface area contributed by atoms with Crippen LogP contribution in [-0.2, 0) is 4.74 Å². The predicted molar refractivity (Wildman–Crippen MR) is 105 cm³/mol. The maximum absolute atomic E-state index is 12.2. The summed E-state index contributed by atoms with van der Waals surface area (Å²) in [6.45, 7) is 7.46. The van der Waals surface area contributed by atoms with Crippen LogP contribution in [0.3, 0.4) is 0 Å². The Morgan fingerprint density at radius 3 is 2.29 bits per heavy atom. The van der Waals surface area contributed by atoms with Crippen molar-refractivity contribution in [1.29, 1.82) is 0 Å². The first-order chi connectivity index (χ1) is 11.4. The van der Waals surface area contributed by atoms with Crippen molar-refractivity contribution in [3.8, 4) is 0 Å². The summed E-state index contributed by atoms with van der Waals surface area (Å²) in [5.41, 5.74) is 1.74. The minimum absolute atomic E-state index is 0.225. The Bertz CT molecular complexity index is 566. The summed E-state index contributed by atoms with van der Waals surface area (Å²) in [4.78, 5) is 17.1. The highest BCUT2D eigenvalue weighted by Crippen LogP contribution is 2.42. The minimum atomic E-state index is -0.225. The van der Waals surface area contributed by atoms with Crippen LogP contribution < -0.4 is 4.90 Å². The second-order valence-electron chi connectivity index (χ2n) is 6.61. The third-order valence-corrected chi connectivity index (χ3v) is 7.00. The van der Waals surface area contributed by atoms with E-state index in [1.807, 2.05) is 13.8 Å². The average Bonchev–Trinajstić information content (AvgIpc) is 2.83. The number of carbonyl (C=O) groups is 1. The molecule has 1 aliphatic rings. The third kappa shape index (κ3) is 4.14. The molecule has 0 bridgehead atoms. The molecule has 0 saturated heterocycles. The molecular weight excluding hydrogens is 388 g/mol. The van der Waals surface area contributed by atoms with Crippen molar-refractivity contribution in [3.63, 3.8) is 0 Å². The molecule has 0 N–H and O–H groups in total. The Hall–Kier alpha value is -0.590. The largest absolute Gasteiger partial charge is 0.462 e. The summed E-state index contributed by atoms with van der Waals surface area (Å²) >= 11 is 5.23. The van der Waals surface area contributed by atoms with Crippen LogP contribution in [0.4, 0.5) is 5.00 Å². The number of ether oxygens (including phenoxy) is 1. The van der Waals surface area contributed by atoms with Crippen LogP contribution >= 0.6 is 27.3 Å². The van der Waals surface area contributed by atoms with E-state index in [1.54, 1.807) is 11.3 Å². The van der Waals surface area contributed by atoms with Gasteiger partial charge in [0.05, 0.1) is 21.0 Å². The molecule has 136 valence electrons. The van der Waals surface area contributed by atoms with Gasteiger partial charge in [-0.2, -0.15) is 0 Å². The highest BCUT2D eigenvalue weighted by molar-refractivity contribution is 9.11. The SMILES string of the molecule is CCOC(=O)c1c(Br)sc(N(CC)C2CCC(N(C)C)CC2)c1C. The van der Waals surface area contributed by atoms with Crippen LogP contribution in [-0.4, -0.2) is 50.2 Å². The minimum Gasteiger partial charge on any atom is -0.462 e. The van der Waals surface area contributed by atoms with Crippen LogP contribution in [0, 0.1) is 6.92 Å². The molecule has 0 spiro atoms. The molecule has 1 aromatic heterocycles. The van der Waals surface area contributed by atoms with Crippen LogP contribution in [0.2, 0.25) is 0 Å². The number of hydrogen-bond acceptors (Lipinski definition) is 5. The number of nitrogens with zero attached hydrogens (tertiary/aromatic N) is 2. The molecular formula is C18H29BrN2O2S. The smallest absolute Gasteiger partial charge is 0.340 e. The number of halogens is 1. The molecule has 1 saturated carbocycles. The van der Waals surface area contributed by atoms with E-state index in [9.17, 15) is 4.79 Å². The number of carbonyl (C=O) groups excluding carboxylic acids is 1. The van der Waals surface area contributed by atoms with E-state index in [-0.39, 0.29) is 5.97 Å². The molecule has 0 aliphatic heterocycles. The van der Waals surface area contributed by atoms with Crippen molar-refractivity contribution in [3.05, 3.63) is 14.9 Å². The summed E-state index contributed by atoms with van der Waals surface area (Å²) in [6.07, 6.45) is 4.90. The molecule has 2 rings (SSSR count).